The van der Waals surface area contributed by atoms with Crippen LogP contribution in [0.4, 0.5) is 5.69 Å². The first kappa shape index (κ1) is 14.9. The van der Waals surface area contributed by atoms with E-state index in [0.29, 0.717) is 0 Å². The first-order chi connectivity index (χ1) is 9.58. The summed E-state index contributed by atoms with van der Waals surface area (Å²) in [5, 5.41) is 14.1. The van der Waals surface area contributed by atoms with E-state index in [2.05, 4.69) is 24.2 Å². The Labute approximate surface area is 120 Å². The molecule has 1 aliphatic rings. The number of nitrogens with one attached hydrogen (secondary N) is 1. The third-order valence-electron chi connectivity index (χ3n) is 4.25. The van der Waals surface area contributed by atoms with Gasteiger partial charge < -0.3 is 5.32 Å². The Balaban J connectivity index is 1.94. The van der Waals surface area contributed by atoms with Crippen molar-refractivity contribution in [2.75, 3.05) is 26.7 Å². The number of piperidine rings is 1. The second-order valence-electron chi connectivity index (χ2n) is 5.66. The second kappa shape index (κ2) is 6.81. The van der Waals surface area contributed by atoms with Crippen LogP contribution < -0.4 is 5.32 Å². The van der Waals surface area contributed by atoms with Crippen molar-refractivity contribution in [1.82, 2.24) is 10.2 Å². The summed E-state index contributed by atoms with van der Waals surface area (Å²) in [4.78, 5) is 12.7. The number of hydrogen-bond acceptors (Lipinski definition) is 4. The van der Waals surface area contributed by atoms with Gasteiger partial charge in [0.15, 0.2) is 0 Å². The van der Waals surface area contributed by atoms with Crippen LogP contribution in [-0.2, 0) is 0 Å². The van der Waals surface area contributed by atoms with Gasteiger partial charge in [-0.1, -0.05) is 12.1 Å². The molecule has 1 saturated heterocycles. The topological polar surface area (TPSA) is 58.4 Å². The molecule has 0 radical (unpaired) electrons. The molecule has 5 heteroatoms. The lowest BCUT2D eigenvalue weighted by Gasteiger charge is -2.31. The van der Waals surface area contributed by atoms with E-state index in [4.69, 9.17) is 0 Å². The lowest BCUT2D eigenvalue weighted by atomic mass is 9.96. The van der Waals surface area contributed by atoms with Crippen LogP contribution in [0.2, 0.25) is 0 Å². The Hall–Kier alpha value is -1.46. The number of hydrogen-bond donors (Lipinski definition) is 1. The zero-order chi connectivity index (χ0) is 14.5. The highest BCUT2D eigenvalue weighted by Gasteiger charge is 2.19. The number of nitro benzene ring substituents is 1. The number of rotatable bonds is 5. The minimum atomic E-state index is -0.354. The van der Waals surface area contributed by atoms with Crippen molar-refractivity contribution in [2.45, 2.75) is 25.8 Å². The first-order valence-electron chi connectivity index (χ1n) is 7.23. The Morgan fingerprint density at radius 1 is 1.35 bits per heavy atom. The predicted octanol–water partition coefficient (Wildman–Crippen LogP) is 2.59. The molecule has 1 heterocycles. The molecule has 1 aromatic carbocycles. The van der Waals surface area contributed by atoms with Gasteiger partial charge in [-0.15, -0.1) is 0 Å². The summed E-state index contributed by atoms with van der Waals surface area (Å²) >= 11 is 0. The molecule has 1 fully saturated rings. The van der Waals surface area contributed by atoms with E-state index in [0.717, 1.165) is 31.1 Å². The Morgan fingerprint density at radius 2 is 1.95 bits per heavy atom. The SMILES string of the molecule is CC(c1ccc([N+](=O)[O-])cc1)N(C)CC1CCNCC1. The van der Waals surface area contributed by atoms with Crippen LogP contribution in [0.5, 0.6) is 0 Å². The Bertz CT molecular complexity index is 441. The smallest absolute Gasteiger partial charge is 0.269 e. The zero-order valence-corrected chi connectivity index (χ0v) is 12.2. The minimum absolute atomic E-state index is 0.155. The molecular weight excluding hydrogens is 254 g/mol. The highest BCUT2D eigenvalue weighted by molar-refractivity contribution is 5.34. The van der Waals surface area contributed by atoms with Crippen LogP contribution >= 0.6 is 0 Å². The third-order valence-corrected chi connectivity index (χ3v) is 4.25. The van der Waals surface area contributed by atoms with Crippen molar-refractivity contribution in [3.63, 3.8) is 0 Å². The van der Waals surface area contributed by atoms with E-state index >= 15 is 0 Å². The third kappa shape index (κ3) is 3.77. The number of nitro groups is 1. The maximum atomic E-state index is 10.7. The maximum absolute atomic E-state index is 10.7. The molecule has 2 rings (SSSR count). The van der Waals surface area contributed by atoms with Gasteiger partial charge in [0.25, 0.3) is 5.69 Å². The molecule has 1 aromatic rings. The summed E-state index contributed by atoms with van der Waals surface area (Å²) in [6.07, 6.45) is 2.47. The predicted molar refractivity (Wildman–Crippen MR) is 79.7 cm³/mol. The normalized spacial score (nSPS) is 18.1. The van der Waals surface area contributed by atoms with E-state index in [1.807, 2.05) is 12.1 Å². The summed E-state index contributed by atoms with van der Waals surface area (Å²) in [6.45, 7) is 5.47. The van der Waals surface area contributed by atoms with E-state index in [-0.39, 0.29) is 16.7 Å². The van der Waals surface area contributed by atoms with E-state index in [9.17, 15) is 10.1 Å². The van der Waals surface area contributed by atoms with Crippen LogP contribution in [0.3, 0.4) is 0 Å². The molecule has 0 aromatic heterocycles. The van der Waals surface area contributed by atoms with Crippen molar-refractivity contribution in [3.05, 3.63) is 39.9 Å². The van der Waals surface area contributed by atoms with Gasteiger partial charge in [-0.05, 0) is 51.4 Å². The minimum Gasteiger partial charge on any atom is -0.317 e. The molecule has 1 atom stereocenters. The first-order valence-corrected chi connectivity index (χ1v) is 7.23. The molecule has 110 valence electrons. The number of benzene rings is 1. The largest absolute Gasteiger partial charge is 0.317 e. The van der Waals surface area contributed by atoms with Crippen molar-refractivity contribution >= 4 is 5.69 Å². The van der Waals surface area contributed by atoms with Gasteiger partial charge in [0, 0.05) is 24.7 Å². The lowest BCUT2D eigenvalue weighted by molar-refractivity contribution is -0.384. The molecule has 1 aliphatic heterocycles. The monoisotopic (exact) mass is 277 g/mol. The molecule has 0 spiro atoms. The van der Waals surface area contributed by atoms with Crippen molar-refractivity contribution in [2.24, 2.45) is 5.92 Å². The van der Waals surface area contributed by atoms with Gasteiger partial charge in [0.05, 0.1) is 4.92 Å². The van der Waals surface area contributed by atoms with Gasteiger partial charge in [0.2, 0.25) is 0 Å². The standard InChI is InChI=1S/C15H23N3O2/c1-12(14-3-5-15(6-4-14)18(19)20)17(2)11-13-7-9-16-10-8-13/h3-6,12-13,16H,7-11H2,1-2H3. The average Bonchev–Trinajstić information content (AvgIpc) is 2.47. The molecule has 5 nitrogen and oxygen atoms in total. The van der Waals surface area contributed by atoms with Crippen molar-refractivity contribution in [3.8, 4) is 0 Å². The van der Waals surface area contributed by atoms with Gasteiger partial charge in [-0.2, -0.15) is 0 Å². The van der Waals surface area contributed by atoms with Crippen LogP contribution in [-0.4, -0.2) is 36.5 Å². The second-order valence-corrected chi connectivity index (χ2v) is 5.66. The summed E-state index contributed by atoms with van der Waals surface area (Å²) in [7, 11) is 2.13. The van der Waals surface area contributed by atoms with Crippen LogP contribution in [0.25, 0.3) is 0 Å². The molecule has 0 bridgehead atoms. The van der Waals surface area contributed by atoms with Gasteiger partial charge in [-0.3, -0.25) is 15.0 Å². The molecule has 1 N–H and O–H groups in total. The number of nitrogens with zero attached hydrogens (tertiary/aromatic N) is 2. The fourth-order valence-electron chi connectivity index (χ4n) is 2.76. The number of non-ortho nitro benzene ring substituents is 1. The lowest BCUT2D eigenvalue weighted by Crippen LogP contribution is -2.35. The van der Waals surface area contributed by atoms with Crippen molar-refractivity contribution < 1.29 is 4.92 Å². The summed E-state index contributed by atoms with van der Waals surface area (Å²) < 4.78 is 0. The highest BCUT2D eigenvalue weighted by atomic mass is 16.6. The quantitative estimate of drug-likeness (QED) is 0.664. The van der Waals surface area contributed by atoms with Crippen LogP contribution in [0, 0.1) is 16.0 Å². The van der Waals surface area contributed by atoms with Gasteiger partial charge in [0.1, 0.15) is 0 Å². The molecule has 20 heavy (non-hydrogen) atoms. The van der Waals surface area contributed by atoms with E-state index < -0.39 is 0 Å². The molecular formula is C15H23N3O2. The Kier molecular flexibility index (Phi) is 5.09. The Morgan fingerprint density at radius 3 is 2.50 bits per heavy atom. The highest BCUT2D eigenvalue weighted by Crippen LogP contribution is 2.24. The van der Waals surface area contributed by atoms with Crippen LogP contribution in [0.1, 0.15) is 31.4 Å². The fourth-order valence-corrected chi connectivity index (χ4v) is 2.76. The summed E-state index contributed by atoms with van der Waals surface area (Å²) in [5.41, 5.74) is 1.29. The van der Waals surface area contributed by atoms with Gasteiger partial charge in [-0.25, -0.2) is 0 Å². The van der Waals surface area contributed by atoms with E-state index in [1.54, 1.807) is 12.1 Å². The van der Waals surface area contributed by atoms with Crippen LogP contribution in [0.15, 0.2) is 24.3 Å². The molecule has 0 aliphatic carbocycles. The average molecular weight is 277 g/mol. The fraction of sp³-hybridized carbons (Fsp3) is 0.600. The maximum Gasteiger partial charge on any atom is 0.269 e. The molecule has 0 saturated carbocycles. The molecule has 0 amide bonds. The van der Waals surface area contributed by atoms with E-state index in [1.165, 1.54) is 12.8 Å². The van der Waals surface area contributed by atoms with Crippen molar-refractivity contribution in [1.29, 1.82) is 0 Å². The summed E-state index contributed by atoms with van der Waals surface area (Å²) in [6, 6.07) is 7.18. The molecule has 1 unspecified atom stereocenters. The summed E-state index contributed by atoms with van der Waals surface area (Å²) in [5.74, 6) is 0.752. The van der Waals surface area contributed by atoms with Gasteiger partial charge >= 0.3 is 0 Å². The zero-order valence-electron chi connectivity index (χ0n) is 12.2.